The molecular formula is C17H24O3. The maximum absolute atomic E-state index is 9.86. The van der Waals surface area contributed by atoms with E-state index in [4.69, 9.17) is 9.47 Å². The summed E-state index contributed by atoms with van der Waals surface area (Å²) >= 11 is 0. The fraction of sp³-hybridized carbons (Fsp3) is 0.647. The van der Waals surface area contributed by atoms with Crippen LogP contribution in [0.1, 0.15) is 32.1 Å². The lowest BCUT2D eigenvalue weighted by Gasteiger charge is -2.32. The lowest BCUT2D eigenvalue weighted by molar-refractivity contribution is -0.00675. The molecule has 1 aromatic rings. The van der Waals surface area contributed by atoms with Crippen LogP contribution in [0.25, 0.3) is 0 Å². The zero-order valence-electron chi connectivity index (χ0n) is 12.0. The number of aliphatic hydroxyl groups is 1. The largest absolute Gasteiger partial charge is 0.494 e. The lowest BCUT2D eigenvalue weighted by atomic mass is 9.76. The molecule has 0 bridgehead atoms. The summed E-state index contributed by atoms with van der Waals surface area (Å²) in [6, 6.07) is 9.92. The van der Waals surface area contributed by atoms with Gasteiger partial charge in [0.1, 0.15) is 5.75 Å². The number of aliphatic hydroxyl groups excluding tert-OH is 1. The summed E-state index contributed by atoms with van der Waals surface area (Å²) in [5.41, 5.74) is -0.0127. The molecule has 3 nitrogen and oxygen atoms in total. The SMILES string of the molecule is OCC1(CCCOc2ccccc2)CCOC1C1CC1. The molecule has 2 aliphatic rings. The van der Waals surface area contributed by atoms with Gasteiger partial charge in [0.15, 0.2) is 0 Å². The minimum Gasteiger partial charge on any atom is -0.494 e. The molecule has 0 aromatic heterocycles. The Hall–Kier alpha value is -1.06. The van der Waals surface area contributed by atoms with E-state index >= 15 is 0 Å². The average Bonchev–Trinajstić information content (AvgIpc) is 3.25. The summed E-state index contributed by atoms with van der Waals surface area (Å²) in [4.78, 5) is 0. The Morgan fingerprint density at radius 3 is 2.75 bits per heavy atom. The molecule has 3 heteroatoms. The summed E-state index contributed by atoms with van der Waals surface area (Å²) in [7, 11) is 0. The molecule has 1 aliphatic heterocycles. The van der Waals surface area contributed by atoms with Gasteiger partial charge in [-0.2, -0.15) is 0 Å². The minimum atomic E-state index is -0.0127. The van der Waals surface area contributed by atoms with Crippen LogP contribution in [-0.2, 0) is 4.74 Å². The zero-order chi connectivity index (χ0) is 13.8. The van der Waals surface area contributed by atoms with Crippen molar-refractivity contribution in [1.29, 1.82) is 0 Å². The van der Waals surface area contributed by atoms with E-state index in [0.717, 1.165) is 31.6 Å². The number of rotatable bonds is 7. The Kier molecular flexibility index (Phi) is 4.27. The number of para-hydroxylation sites is 1. The van der Waals surface area contributed by atoms with E-state index in [-0.39, 0.29) is 18.1 Å². The van der Waals surface area contributed by atoms with Crippen LogP contribution < -0.4 is 4.74 Å². The molecule has 20 heavy (non-hydrogen) atoms. The molecule has 110 valence electrons. The summed E-state index contributed by atoms with van der Waals surface area (Å²) in [6.07, 6.45) is 5.79. The molecule has 1 aliphatic carbocycles. The molecule has 2 atom stereocenters. The molecule has 0 radical (unpaired) electrons. The first-order valence-electron chi connectivity index (χ1n) is 7.74. The molecular weight excluding hydrogens is 252 g/mol. The van der Waals surface area contributed by atoms with Crippen molar-refractivity contribution in [1.82, 2.24) is 0 Å². The molecule has 0 amide bonds. The monoisotopic (exact) mass is 276 g/mol. The van der Waals surface area contributed by atoms with Crippen LogP contribution >= 0.6 is 0 Å². The summed E-state index contributed by atoms with van der Waals surface area (Å²) in [5, 5.41) is 9.86. The van der Waals surface area contributed by atoms with Gasteiger partial charge in [-0.25, -0.2) is 0 Å². The smallest absolute Gasteiger partial charge is 0.119 e. The molecule has 1 aromatic carbocycles. The summed E-state index contributed by atoms with van der Waals surface area (Å²) in [5.74, 6) is 1.62. The van der Waals surface area contributed by atoms with Crippen LogP contribution in [0, 0.1) is 11.3 Å². The molecule has 0 spiro atoms. The fourth-order valence-electron chi connectivity index (χ4n) is 3.39. The second kappa shape index (κ2) is 6.15. The van der Waals surface area contributed by atoms with Gasteiger partial charge in [0.05, 0.1) is 19.3 Å². The van der Waals surface area contributed by atoms with Gasteiger partial charge in [-0.1, -0.05) is 18.2 Å². The van der Waals surface area contributed by atoms with Crippen molar-refractivity contribution in [3.05, 3.63) is 30.3 Å². The Labute approximate surface area is 120 Å². The summed E-state index contributed by atoms with van der Waals surface area (Å²) in [6.45, 7) is 1.77. The van der Waals surface area contributed by atoms with Gasteiger partial charge in [-0.15, -0.1) is 0 Å². The third-order valence-electron chi connectivity index (χ3n) is 4.70. The molecule has 1 saturated carbocycles. The Morgan fingerprint density at radius 1 is 1.25 bits per heavy atom. The van der Waals surface area contributed by atoms with Gasteiger partial charge in [-0.3, -0.25) is 0 Å². The third-order valence-corrected chi connectivity index (χ3v) is 4.70. The van der Waals surface area contributed by atoms with Crippen molar-refractivity contribution in [2.24, 2.45) is 11.3 Å². The van der Waals surface area contributed by atoms with Crippen LogP contribution in [-0.4, -0.2) is 31.0 Å². The molecule has 1 saturated heterocycles. The average molecular weight is 276 g/mol. The second-order valence-electron chi connectivity index (χ2n) is 6.16. The lowest BCUT2D eigenvalue weighted by Crippen LogP contribution is -2.36. The Bertz CT molecular complexity index is 416. The van der Waals surface area contributed by atoms with E-state index in [2.05, 4.69) is 0 Å². The highest BCUT2D eigenvalue weighted by Gasteiger charge is 2.50. The maximum atomic E-state index is 9.86. The number of hydrogen-bond donors (Lipinski definition) is 1. The van der Waals surface area contributed by atoms with Crippen LogP contribution in [0.15, 0.2) is 30.3 Å². The molecule has 3 rings (SSSR count). The van der Waals surface area contributed by atoms with E-state index in [1.165, 1.54) is 12.8 Å². The number of ether oxygens (including phenoxy) is 2. The van der Waals surface area contributed by atoms with Crippen molar-refractivity contribution in [3.63, 3.8) is 0 Å². The molecule has 2 unspecified atom stereocenters. The summed E-state index contributed by atoms with van der Waals surface area (Å²) < 4.78 is 11.6. The standard InChI is InChI=1S/C17H24O3/c18-13-17(10-12-20-16(17)14-7-8-14)9-4-11-19-15-5-2-1-3-6-15/h1-3,5-6,14,16,18H,4,7-13H2. The van der Waals surface area contributed by atoms with Crippen molar-refractivity contribution in [2.45, 2.75) is 38.2 Å². The van der Waals surface area contributed by atoms with E-state index in [9.17, 15) is 5.11 Å². The molecule has 1 heterocycles. The van der Waals surface area contributed by atoms with E-state index in [1.807, 2.05) is 30.3 Å². The van der Waals surface area contributed by atoms with Crippen LogP contribution in [0.5, 0.6) is 5.75 Å². The van der Waals surface area contributed by atoms with Gasteiger partial charge in [0.25, 0.3) is 0 Å². The fourth-order valence-corrected chi connectivity index (χ4v) is 3.39. The predicted octanol–water partition coefficient (Wildman–Crippen LogP) is 3.02. The van der Waals surface area contributed by atoms with Crippen LogP contribution in [0.4, 0.5) is 0 Å². The minimum absolute atomic E-state index is 0.0127. The zero-order valence-corrected chi connectivity index (χ0v) is 12.0. The number of hydrogen-bond acceptors (Lipinski definition) is 3. The maximum Gasteiger partial charge on any atom is 0.119 e. The first-order valence-corrected chi connectivity index (χ1v) is 7.74. The molecule has 1 N–H and O–H groups in total. The highest BCUT2D eigenvalue weighted by molar-refractivity contribution is 5.20. The number of benzene rings is 1. The van der Waals surface area contributed by atoms with E-state index in [1.54, 1.807) is 0 Å². The van der Waals surface area contributed by atoms with E-state index < -0.39 is 0 Å². The molecule has 2 fully saturated rings. The highest BCUT2D eigenvalue weighted by Crippen LogP contribution is 2.49. The van der Waals surface area contributed by atoms with Gasteiger partial charge in [0.2, 0.25) is 0 Å². The first-order chi connectivity index (χ1) is 9.84. The Morgan fingerprint density at radius 2 is 2.05 bits per heavy atom. The highest BCUT2D eigenvalue weighted by atomic mass is 16.5. The van der Waals surface area contributed by atoms with Crippen molar-refractivity contribution in [3.8, 4) is 5.75 Å². The first kappa shape index (κ1) is 13.9. The van der Waals surface area contributed by atoms with Crippen molar-refractivity contribution >= 4 is 0 Å². The quantitative estimate of drug-likeness (QED) is 0.778. The van der Waals surface area contributed by atoms with E-state index in [0.29, 0.717) is 12.5 Å². The van der Waals surface area contributed by atoms with Crippen molar-refractivity contribution < 1.29 is 14.6 Å². The third kappa shape index (κ3) is 2.99. The van der Waals surface area contributed by atoms with Gasteiger partial charge in [0, 0.05) is 12.0 Å². The predicted molar refractivity (Wildman–Crippen MR) is 77.8 cm³/mol. The van der Waals surface area contributed by atoms with Crippen LogP contribution in [0.3, 0.4) is 0 Å². The normalized spacial score (nSPS) is 29.6. The Balaban J connectivity index is 1.48. The van der Waals surface area contributed by atoms with Crippen LogP contribution in [0.2, 0.25) is 0 Å². The van der Waals surface area contributed by atoms with Gasteiger partial charge in [-0.05, 0) is 50.2 Å². The van der Waals surface area contributed by atoms with Crippen molar-refractivity contribution in [2.75, 3.05) is 19.8 Å². The second-order valence-corrected chi connectivity index (χ2v) is 6.16. The van der Waals surface area contributed by atoms with Gasteiger partial charge >= 0.3 is 0 Å². The van der Waals surface area contributed by atoms with Gasteiger partial charge < -0.3 is 14.6 Å². The topological polar surface area (TPSA) is 38.7 Å².